The molecule has 3 aliphatic heterocycles. The molecule has 2 saturated heterocycles. The van der Waals surface area contributed by atoms with E-state index in [1.807, 2.05) is 30.4 Å². The van der Waals surface area contributed by atoms with Crippen molar-refractivity contribution in [2.45, 2.75) is 99.3 Å². The minimum absolute atomic E-state index is 0.0619. The number of benzene rings is 2. The molecule has 2 aliphatic carbocycles. The van der Waals surface area contributed by atoms with E-state index >= 15 is 0 Å². The number of halogens is 1. The molecule has 6 atom stereocenters. The molecular weight excluding hydrogens is 774 g/mol. The van der Waals surface area contributed by atoms with Gasteiger partial charge in [0.25, 0.3) is 5.91 Å². The molecule has 1 unspecified atom stereocenters. The van der Waals surface area contributed by atoms with Gasteiger partial charge in [-0.2, -0.15) is 0 Å². The fourth-order valence-electron chi connectivity index (χ4n) is 8.39. The van der Waals surface area contributed by atoms with E-state index in [0.717, 1.165) is 12.8 Å². The highest BCUT2D eigenvalue weighted by atomic mass is 32.2. The Morgan fingerprint density at radius 2 is 1.86 bits per heavy atom. The van der Waals surface area contributed by atoms with Crippen LogP contribution in [0.2, 0.25) is 0 Å². The number of sulfonamides is 1. The van der Waals surface area contributed by atoms with Crippen molar-refractivity contribution in [3.05, 3.63) is 60.4 Å². The van der Waals surface area contributed by atoms with E-state index in [-0.39, 0.29) is 43.7 Å². The van der Waals surface area contributed by atoms with E-state index in [9.17, 15) is 32.0 Å². The number of aromatic nitrogens is 1. The second kappa shape index (κ2) is 15.1. The molecule has 4 fully saturated rings. The first kappa shape index (κ1) is 38.2. The first-order chi connectivity index (χ1) is 28.0. The smallest absolute Gasteiger partial charge is 0.408 e. The summed E-state index contributed by atoms with van der Waals surface area (Å²) in [6.45, 7) is 0.574. The minimum Gasteiger partial charge on any atom is -0.484 e. The molecule has 2 aromatic heterocycles. The number of hydrogen-bond acceptors (Lipinski definition) is 11. The quantitative estimate of drug-likeness (QED) is 0.222. The van der Waals surface area contributed by atoms with Gasteiger partial charge < -0.3 is 34.2 Å². The van der Waals surface area contributed by atoms with E-state index in [0.29, 0.717) is 66.1 Å². The molecule has 3 N–H and O–H groups in total. The number of rotatable bonds is 7. The van der Waals surface area contributed by atoms with Gasteiger partial charge in [0.2, 0.25) is 21.8 Å². The van der Waals surface area contributed by atoms with Gasteiger partial charge in [-0.25, -0.2) is 22.6 Å². The van der Waals surface area contributed by atoms with Crippen LogP contribution in [0.25, 0.3) is 33.0 Å². The summed E-state index contributed by atoms with van der Waals surface area (Å²) in [5, 5.41) is 5.99. The third-order valence-corrected chi connectivity index (χ3v) is 13.6. The second-order valence-electron chi connectivity index (χ2n) is 16.0. The average molecular weight is 818 g/mol. The predicted molar refractivity (Wildman–Crippen MR) is 207 cm³/mol. The molecule has 2 aromatic carbocycles. The summed E-state index contributed by atoms with van der Waals surface area (Å²) in [4.78, 5) is 62.3. The normalized spacial score (nSPS) is 28.6. The Morgan fingerprint density at radius 1 is 1.02 bits per heavy atom. The first-order valence-electron chi connectivity index (χ1n) is 20.0. The Hall–Kier alpha value is -5.29. The molecule has 2 saturated carbocycles. The molecule has 4 amide bonds. The second-order valence-corrected chi connectivity index (χ2v) is 17.9. The lowest BCUT2D eigenvalue weighted by Crippen LogP contribution is -2.58. The highest BCUT2D eigenvalue weighted by Gasteiger charge is 2.62. The van der Waals surface area contributed by atoms with Crippen LogP contribution in [0.15, 0.2) is 59.0 Å². The van der Waals surface area contributed by atoms with Crippen LogP contribution in [0.4, 0.5) is 9.18 Å². The SMILES string of the molecule is O=C(N[C@H]1CCCCC/C=C\[C@@H]2C[C@@]2(C(=O)NS(=O)(=O)C2CC2)NC(=O)[C@@H]2C[C@@H](Oc3c4cc(F)ccc4nc4c3oc3ccccc34)CN2C1=O)OC1CCOC1. The molecule has 0 bridgehead atoms. The maximum absolute atomic E-state index is 14.8. The van der Waals surface area contributed by atoms with Gasteiger partial charge in [0.05, 0.1) is 30.5 Å². The summed E-state index contributed by atoms with van der Waals surface area (Å²) in [5.74, 6) is -2.90. The largest absolute Gasteiger partial charge is 0.484 e. The summed E-state index contributed by atoms with van der Waals surface area (Å²) >= 11 is 0. The van der Waals surface area contributed by atoms with E-state index in [1.165, 1.54) is 23.1 Å². The van der Waals surface area contributed by atoms with Crippen LogP contribution in [0.5, 0.6) is 5.75 Å². The highest BCUT2D eigenvalue weighted by Crippen LogP contribution is 2.46. The van der Waals surface area contributed by atoms with Crippen molar-refractivity contribution in [1.29, 1.82) is 0 Å². The number of carbonyl (C=O) groups excluding carboxylic acids is 4. The minimum atomic E-state index is -3.94. The molecule has 5 aliphatic rings. The number of alkyl carbamates (subject to hydrolysis) is 1. The number of fused-ring (bicyclic) bond motifs is 6. The molecular formula is C41H44FN5O10S. The molecule has 306 valence electrons. The lowest BCUT2D eigenvalue weighted by molar-refractivity contribution is -0.141. The monoisotopic (exact) mass is 817 g/mol. The van der Waals surface area contributed by atoms with Gasteiger partial charge in [-0.05, 0) is 68.9 Å². The lowest BCUT2D eigenvalue weighted by atomic mass is 10.0. The molecule has 17 heteroatoms. The van der Waals surface area contributed by atoms with Crippen molar-refractivity contribution in [3.63, 3.8) is 0 Å². The van der Waals surface area contributed by atoms with Crippen LogP contribution in [-0.4, -0.2) is 97.0 Å². The van der Waals surface area contributed by atoms with E-state index in [1.54, 1.807) is 6.07 Å². The number of pyridine rings is 1. The van der Waals surface area contributed by atoms with Crippen LogP contribution < -0.4 is 20.1 Å². The van der Waals surface area contributed by atoms with Gasteiger partial charge in [0.15, 0.2) is 11.3 Å². The van der Waals surface area contributed by atoms with Crippen LogP contribution in [-0.2, 0) is 33.9 Å². The van der Waals surface area contributed by atoms with Crippen LogP contribution in [0.1, 0.15) is 64.2 Å². The lowest BCUT2D eigenvalue weighted by Gasteiger charge is -2.30. The number of allylic oxidation sites excluding steroid dienone is 1. The number of para-hydroxylation sites is 1. The summed E-state index contributed by atoms with van der Waals surface area (Å²) in [6.07, 6.45) is 6.18. The number of ether oxygens (including phenoxy) is 3. The number of hydrogen-bond donors (Lipinski definition) is 3. The molecule has 0 radical (unpaired) electrons. The van der Waals surface area contributed by atoms with Crippen molar-refractivity contribution >= 4 is 66.8 Å². The molecule has 15 nitrogen and oxygen atoms in total. The molecule has 5 heterocycles. The fourth-order valence-corrected chi connectivity index (χ4v) is 9.76. The molecule has 9 rings (SSSR count). The summed E-state index contributed by atoms with van der Waals surface area (Å²) < 4.78 is 66.6. The van der Waals surface area contributed by atoms with Gasteiger partial charge in [-0.3, -0.25) is 19.1 Å². The van der Waals surface area contributed by atoms with Gasteiger partial charge in [0.1, 0.15) is 46.7 Å². The standard InChI is InChI=1S/C41H44FN5O10S/c42-24-12-15-30-29(18-24)35(36-34(43-30)28-9-6-7-11-33(28)57-36)55-26-19-32-37(48)45-41(39(50)46-58(52,53)27-13-14-27)20-23(41)8-4-2-1-3-5-10-31(38(49)47(32)21-26)44-40(51)56-25-16-17-54-22-25/h4,6-9,11-12,15,18,23,25-27,31-32H,1-3,5,10,13-14,16-17,19-22H2,(H,44,51)(H,45,48)(H,46,50)/b8-4-/t23-,25?,26-,31+,32+,41-/m1/s1. The fraction of sp³-hybridized carbons (Fsp3) is 0.488. The van der Waals surface area contributed by atoms with Gasteiger partial charge >= 0.3 is 6.09 Å². The number of furan rings is 1. The molecule has 0 spiro atoms. The Morgan fingerprint density at radius 3 is 2.67 bits per heavy atom. The van der Waals surface area contributed by atoms with Gasteiger partial charge in [-0.1, -0.05) is 37.1 Å². The Kier molecular flexibility index (Phi) is 9.98. The number of nitrogens with one attached hydrogen (secondary N) is 3. The van der Waals surface area contributed by atoms with Crippen molar-refractivity contribution in [2.24, 2.45) is 5.92 Å². The number of nitrogens with zero attached hydrogens (tertiary/aromatic N) is 2. The summed E-state index contributed by atoms with van der Waals surface area (Å²) in [6, 6.07) is 9.12. The van der Waals surface area contributed by atoms with Crippen molar-refractivity contribution in [2.75, 3.05) is 19.8 Å². The molecule has 58 heavy (non-hydrogen) atoms. The van der Waals surface area contributed by atoms with E-state index in [2.05, 4.69) is 15.4 Å². The third-order valence-electron chi connectivity index (χ3n) is 11.8. The average Bonchev–Trinajstić information content (AvgIpc) is 4.01. The zero-order valence-corrected chi connectivity index (χ0v) is 32.4. The zero-order chi connectivity index (χ0) is 40.2. The topological polar surface area (TPSA) is 195 Å². The van der Waals surface area contributed by atoms with Crippen molar-refractivity contribution in [3.8, 4) is 5.75 Å². The Bertz CT molecular complexity index is 2450. The maximum atomic E-state index is 14.8. The van der Waals surface area contributed by atoms with Gasteiger partial charge in [0, 0.05) is 29.5 Å². The van der Waals surface area contributed by atoms with E-state index < -0.39 is 80.7 Å². The highest BCUT2D eigenvalue weighted by molar-refractivity contribution is 7.91. The van der Waals surface area contributed by atoms with Crippen LogP contribution in [0, 0.1) is 11.7 Å². The van der Waals surface area contributed by atoms with Crippen molar-refractivity contribution < 1.29 is 50.6 Å². The summed E-state index contributed by atoms with van der Waals surface area (Å²) in [5.41, 5.74) is 0.161. The number of amides is 4. The Balaban J connectivity index is 1.06. The summed E-state index contributed by atoms with van der Waals surface area (Å²) in [7, 11) is -3.94. The zero-order valence-electron chi connectivity index (χ0n) is 31.6. The van der Waals surface area contributed by atoms with Crippen LogP contribution in [0.3, 0.4) is 0 Å². The molecule has 4 aromatic rings. The van der Waals surface area contributed by atoms with Gasteiger partial charge in [-0.15, -0.1) is 0 Å². The predicted octanol–water partition coefficient (Wildman–Crippen LogP) is 4.51. The maximum Gasteiger partial charge on any atom is 0.408 e. The van der Waals surface area contributed by atoms with E-state index in [4.69, 9.17) is 23.6 Å². The third kappa shape index (κ3) is 7.45. The van der Waals surface area contributed by atoms with Crippen LogP contribution >= 0.6 is 0 Å². The van der Waals surface area contributed by atoms with Crippen molar-refractivity contribution in [1.82, 2.24) is 25.2 Å². The first-order valence-corrected chi connectivity index (χ1v) is 21.5. The Labute approximate surface area is 333 Å². The number of carbonyl (C=O) groups is 4.